The zero-order valence-electron chi connectivity index (χ0n) is 15.9. The highest BCUT2D eigenvalue weighted by molar-refractivity contribution is 6.20. The Morgan fingerprint density at radius 2 is 1.81 bits per heavy atom. The molecule has 31 heavy (non-hydrogen) atoms. The molecule has 0 aliphatic rings. The van der Waals surface area contributed by atoms with E-state index in [2.05, 4.69) is 25.2 Å². The van der Waals surface area contributed by atoms with Crippen LogP contribution >= 0.6 is 11.6 Å². The van der Waals surface area contributed by atoms with Gasteiger partial charge in [0, 0.05) is 40.8 Å². The molecule has 0 fully saturated rings. The van der Waals surface area contributed by atoms with Gasteiger partial charge >= 0.3 is 5.57 Å². The molecule has 0 saturated carbocycles. The van der Waals surface area contributed by atoms with Crippen molar-refractivity contribution in [3.63, 3.8) is 0 Å². The van der Waals surface area contributed by atoms with E-state index < -0.39 is 11.5 Å². The van der Waals surface area contributed by atoms with Gasteiger partial charge in [0.1, 0.15) is 5.75 Å². The Balaban J connectivity index is 1.60. The molecule has 0 radical (unpaired) electrons. The number of nitrogens with zero attached hydrogens (tertiary/aromatic N) is 2. The number of amides is 1. The van der Waals surface area contributed by atoms with E-state index in [4.69, 9.17) is 11.6 Å². The molecular formula is C22H15ClF2N4O2. The molecule has 2 aromatic heterocycles. The van der Waals surface area contributed by atoms with Crippen molar-refractivity contribution in [3.05, 3.63) is 84.7 Å². The maximum Gasteiger partial charge on any atom is 0.487 e. The van der Waals surface area contributed by atoms with Crippen LogP contribution in [0.25, 0.3) is 22.5 Å². The quantitative estimate of drug-likeness (QED) is 0.385. The summed E-state index contributed by atoms with van der Waals surface area (Å²) in [6.45, 7) is 0. The predicted molar refractivity (Wildman–Crippen MR) is 113 cm³/mol. The number of carbonyl (C=O) groups excluding carboxylic acids is 1. The van der Waals surface area contributed by atoms with Crippen LogP contribution in [0.4, 0.5) is 14.5 Å². The van der Waals surface area contributed by atoms with Crippen LogP contribution in [0, 0.1) is 0 Å². The fourth-order valence-corrected chi connectivity index (χ4v) is 3.06. The second-order valence-corrected chi connectivity index (χ2v) is 6.92. The van der Waals surface area contributed by atoms with Crippen molar-refractivity contribution in [1.82, 2.24) is 15.2 Å². The van der Waals surface area contributed by atoms with Gasteiger partial charge in [0.2, 0.25) is 0 Å². The lowest BCUT2D eigenvalue weighted by atomic mass is 10.0. The first-order valence-corrected chi connectivity index (χ1v) is 9.49. The van der Waals surface area contributed by atoms with Crippen molar-refractivity contribution in [2.24, 2.45) is 0 Å². The number of hydrogen-bond acceptors (Lipinski definition) is 4. The number of alkyl halides is 3. The van der Waals surface area contributed by atoms with Gasteiger partial charge in [-0.1, -0.05) is 30.3 Å². The van der Waals surface area contributed by atoms with Crippen molar-refractivity contribution in [2.45, 2.75) is 5.57 Å². The highest BCUT2D eigenvalue weighted by Crippen LogP contribution is 2.30. The van der Waals surface area contributed by atoms with Crippen molar-refractivity contribution in [3.8, 4) is 28.3 Å². The number of benzene rings is 2. The Labute approximate surface area is 180 Å². The molecule has 2 heterocycles. The SMILES string of the molecule is O=C(Nc1ccc(OC(F)(F)Cl)cc1)c1cnc(-c2ccccc2)c(-c2ccn[nH]2)c1. The van der Waals surface area contributed by atoms with Gasteiger partial charge < -0.3 is 10.1 Å². The molecule has 0 aliphatic carbocycles. The van der Waals surface area contributed by atoms with Gasteiger partial charge in [0.05, 0.1) is 17.0 Å². The van der Waals surface area contributed by atoms with Crippen LogP contribution in [0.5, 0.6) is 5.75 Å². The summed E-state index contributed by atoms with van der Waals surface area (Å²) in [6.07, 6.45) is 3.09. The number of aromatic nitrogens is 3. The minimum absolute atomic E-state index is 0.131. The first-order chi connectivity index (χ1) is 14.9. The summed E-state index contributed by atoms with van der Waals surface area (Å²) < 4.78 is 29.7. The van der Waals surface area contributed by atoms with Crippen LogP contribution < -0.4 is 10.1 Å². The number of hydrogen-bond donors (Lipinski definition) is 2. The number of rotatable bonds is 6. The molecule has 2 N–H and O–H groups in total. The molecule has 6 nitrogen and oxygen atoms in total. The van der Waals surface area contributed by atoms with Gasteiger partial charge in [-0.25, -0.2) is 0 Å². The Bertz CT molecular complexity index is 1180. The molecule has 9 heteroatoms. The molecule has 156 valence electrons. The van der Waals surface area contributed by atoms with Gasteiger partial charge in [-0.3, -0.25) is 14.9 Å². The summed E-state index contributed by atoms with van der Waals surface area (Å²) in [4.78, 5) is 17.2. The number of aromatic amines is 1. The highest BCUT2D eigenvalue weighted by atomic mass is 35.5. The van der Waals surface area contributed by atoms with Crippen LogP contribution in [-0.2, 0) is 0 Å². The summed E-state index contributed by atoms with van der Waals surface area (Å²) in [6, 6.07) is 18.5. The van der Waals surface area contributed by atoms with Crippen molar-refractivity contribution in [2.75, 3.05) is 5.32 Å². The number of nitrogens with one attached hydrogen (secondary N) is 2. The molecule has 4 rings (SSSR count). The summed E-state index contributed by atoms with van der Waals surface area (Å²) in [5, 5.41) is 9.58. The monoisotopic (exact) mass is 440 g/mol. The third kappa shape index (κ3) is 5.04. The number of halogens is 3. The number of ether oxygens (including phenoxy) is 1. The van der Waals surface area contributed by atoms with Gasteiger partial charge in [0.15, 0.2) is 0 Å². The van der Waals surface area contributed by atoms with Crippen LogP contribution in [0.3, 0.4) is 0 Å². The smallest absolute Gasteiger partial charge is 0.420 e. The van der Waals surface area contributed by atoms with Crippen molar-refractivity contribution in [1.29, 1.82) is 0 Å². The lowest BCUT2D eigenvalue weighted by molar-refractivity contribution is -0.0964. The zero-order chi connectivity index (χ0) is 21.8. The van der Waals surface area contributed by atoms with E-state index in [0.29, 0.717) is 28.2 Å². The van der Waals surface area contributed by atoms with Gasteiger partial charge in [-0.05, 0) is 36.4 Å². The van der Waals surface area contributed by atoms with Crippen LogP contribution in [0.1, 0.15) is 10.4 Å². The average molecular weight is 441 g/mol. The molecule has 2 aromatic carbocycles. The topological polar surface area (TPSA) is 79.9 Å². The normalized spacial score (nSPS) is 11.2. The van der Waals surface area contributed by atoms with E-state index in [9.17, 15) is 13.6 Å². The van der Waals surface area contributed by atoms with Gasteiger partial charge in [0.25, 0.3) is 5.91 Å². The standard InChI is InChI=1S/C22H15ClF2N4O2/c23-22(24,25)31-17-8-6-16(7-9-17)28-21(30)15-12-18(19-10-11-27-29-19)20(26-13-15)14-4-2-1-3-5-14/h1-13H,(H,27,29)(H,28,30). The first kappa shape index (κ1) is 20.5. The maximum atomic E-state index is 12.7. The van der Waals surface area contributed by atoms with Crippen LogP contribution in [0.2, 0.25) is 0 Å². The fourth-order valence-electron chi connectivity index (χ4n) is 2.97. The minimum atomic E-state index is -3.81. The van der Waals surface area contributed by atoms with E-state index >= 15 is 0 Å². The largest absolute Gasteiger partial charge is 0.487 e. The number of pyridine rings is 1. The summed E-state index contributed by atoms with van der Waals surface area (Å²) in [7, 11) is 0. The summed E-state index contributed by atoms with van der Waals surface area (Å²) in [5.41, 5.74) is -0.0769. The zero-order valence-corrected chi connectivity index (χ0v) is 16.6. The van der Waals surface area contributed by atoms with Crippen LogP contribution in [-0.4, -0.2) is 26.7 Å². The Morgan fingerprint density at radius 1 is 1.06 bits per heavy atom. The second-order valence-electron chi connectivity index (χ2n) is 6.48. The Kier molecular flexibility index (Phi) is 5.64. The Hall–Kier alpha value is -3.78. The van der Waals surface area contributed by atoms with E-state index in [1.165, 1.54) is 30.5 Å². The first-order valence-electron chi connectivity index (χ1n) is 9.11. The molecule has 0 spiro atoms. The highest BCUT2D eigenvalue weighted by Gasteiger charge is 2.27. The fraction of sp³-hybridized carbons (Fsp3) is 0.0455. The molecule has 0 bridgehead atoms. The molecule has 0 unspecified atom stereocenters. The van der Waals surface area contributed by atoms with E-state index in [1.807, 2.05) is 30.3 Å². The lowest BCUT2D eigenvalue weighted by Crippen LogP contribution is -2.16. The van der Waals surface area contributed by atoms with Crippen molar-refractivity contribution >= 4 is 23.2 Å². The molecule has 0 atom stereocenters. The number of H-pyrrole nitrogens is 1. The minimum Gasteiger partial charge on any atom is -0.420 e. The van der Waals surface area contributed by atoms with E-state index in [1.54, 1.807) is 18.3 Å². The van der Waals surface area contributed by atoms with Crippen molar-refractivity contribution < 1.29 is 18.3 Å². The maximum absolute atomic E-state index is 12.7. The van der Waals surface area contributed by atoms with Crippen LogP contribution in [0.15, 0.2) is 79.1 Å². The molecule has 0 saturated heterocycles. The van der Waals surface area contributed by atoms with Gasteiger partial charge in [-0.2, -0.15) is 5.10 Å². The van der Waals surface area contributed by atoms with E-state index in [-0.39, 0.29) is 5.75 Å². The van der Waals surface area contributed by atoms with Gasteiger partial charge in [-0.15, -0.1) is 8.78 Å². The predicted octanol–water partition coefficient (Wildman–Crippen LogP) is 5.56. The molecule has 1 amide bonds. The Morgan fingerprint density at radius 3 is 2.45 bits per heavy atom. The number of anilines is 1. The molecule has 4 aromatic rings. The molecule has 0 aliphatic heterocycles. The third-order valence-electron chi connectivity index (χ3n) is 4.33. The van der Waals surface area contributed by atoms with E-state index in [0.717, 1.165) is 5.56 Å². The average Bonchev–Trinajstić information content (AvgIpc) is 3.29. The summed E-state index contributed by atoms with van der Waals surface area (Å²) in [5.74, 6) is -0.544. The number of carbonyl (C=O) groups is 1. The third-order valence-corrected chi connectivity index (χ3v) is 4.41. The molecular weight excluding hydrogens is 426 g/mol. The lowest BCUT2D eigenvalue weighted by Gasteiger charge is -2.12. The summed E-state index contributed by atoms with van der Waals surface area (Å²) >= 11 is 4.75. The second kappa shape index (κ2) is 8.53.